The van der Waals surface area contributed by atoms with Gasteiger partial charge in [-0.1, -0.05) is 13.8 Å². The number of nitrogens with zero attached hydrogens (tertiary/aromatic N) is 3. The molecule has 1 unspecified atom stereocenters. The van der Waals surface area contributed by atoms with Crippen LogP contribution in [-0.4, -0.2) is 38.8 Å². The molecule has 21 heavy (non-hydrogen) atoms. The van der Waals surface area contributed by atoms with Crippen molar-refractivity contribution >= 4 is 0 Å². The summed E-state index contributed by atoms with van der Waals surface area (Å²) in [5, 5.41) is 8.24. The predicted molar refractivity (Wildman–Crippen MR) is 86.1 cm³/mol. The minimum Gasteiger partial charge on any atom is -0.308 e. The van der Waals surface area contributed by atoms with Gasteiger partial charge in [0.15, 0.2) is 0 Å². The first kappa shape index (κ1) is 15.0. The van der Waals surface area contributed by atoms with Gasteiger partial charge >= 0.3 is 0 Å². The van der Waals surface area contributed by atoms with E-state index in [-0.39, 0.29) is 5.54 Å². The SMILES string of the molecule is CCC1(CC)CN(Cc2cnn(C)c2)C(C)(C2CC2)CN1. The Labute approximate surface area is 128 Å². The lowest BCUT2D eigenvalue weighted by Gasteiger charge is -2.53. The summed E-state index contributed by atoms with van der Waals surface area (Å²) in [6.45, 7) is 10.4. The number of aryl methyl sites for hydroxylation is 1. The molecule has 0 spiro atoms. The second-order valence-corrected chi connectivity index (χ2v) is 7.35. The molecule has 1 aliphatic heterocycles. The van der Waals surface area contributed by atoms with E-state index >= 15 is 0 Å². The molecule has 0 bridgehead atoms. The highest BCUT2D eigenvalue weighted by Gasteiger charge is 2.50. The van der Waals surface area contributed by atoms with Crippen molar-refractivity contribution < 1.29 is 0 Å². The monoisotopic (exact) mass is 290 g/mol. The number of nitrogens with one attached hydrogen (secondary N) is 1. The molecule has 0 aromatic carbocycles. The minimum absolute atomic E-state index is 0.288. The molecular formula is C17H30N4. The zero-order valence-corrected chi connectivity index (χ0v) is 14.0. The van der Waals surface area contributed by atoms with Gasteiger partial charge in [-0.15, -0.1) is 0 Å². The molecular weight excluding hydrogens is 260 g/mol. The van der Waals surface area contributed by atoms with Crippen LogP contribution in [0.5, 0.6) is 0 Å². The van der Waals surface area contributed by atoms with Crippen LogP contribution < -0.4 is 5.32 Å². The molecule has 1 aromatic heterocycles. The lowest BCUT2D eigenvalue weighted by molar-refractivity contribution is -0.00845. The van der Waals surface area contributed by atoms with E-state index in [1.165, 1.54) is 31.2 Å². The summed E-state index contributed by atoms with van der Waals surface area (Å²) in [7, 11) is 2.00. The Morgan fingerprint density at radius 2 is 2.05 bits per heavy atom. The Balaban J connectivity index is 1.82. The molecule has 0 radical (unpaired) electrons. The quantitative estimate of drug-likeness (QED) is 0.905. The number of hydrogen-bond donors (Lipinski definition) is 1. The van der Waals surface area contributed by atoms with Crippen LogP contribution in [0.25, 0.3) is 0 Å². The molecule has 4 nitrogen and oxygen atoms in total. The van der Waals surface area contributed by atoms with E-state index in [1.807, 2.05) is 17.9 Å². The van der Waals surface area contributed by atoms with Crippen molar-refractivity contribution in [3.8, 4) is 0 Å². The Bertz CT molecular complexity index is 487. The Hall–Kier alpha value is -0.870. The Morgan fingerprint density at radius 3 is 2.57 bits per heavy atom. The molecule has 1 aromatic rings. The molecule has 118 valence electrons. The van der Waals surface area contributed by atoms with Crippen molar-refractivity contribution in [2.45, 2.75) is 64.1 Å². The summed E-state index contributed by atoms with van der Waals surface area (Å²) in [5.74, 6) is 0.869. The fourth-order valence-electron chi connectivity index (χ4n) is 3.92. The summed E-state index contributed by atoms with van der Waals surface area (Å²) in [6.07, 6.45) is 9.38. The molecule has 2 heterocycles. The zero-order valence-electron chi connectivity index (χ0n) is 14.0. The fourth-order valence-corrected chi connectivity index (χ4v) is 3.92. The van der Waals surface area contributed by atoms with Gasteiger partial charge in [-0.05, 0) is 38.5 Å². The predicted octanol–water partition coefficient (Wildman–Crippen LogP) is 2.55. The van der Waals surface area contributed by atoms with Crippen LogP contribution in [0.1, 0.15) is 52.0 Å². The van der Waals surface area contributed by atoms with Crippen molar-refractivity contribution in [3.05, 3.63) is 18.0 Å². The largest absolute Gasteiger partial charge is 0.308 e. The van der Waals surface area contributed by atoms with Gasteiger partial charge in [-0.25, -0.2) is 0 Å². The highest BCUT2D eigenvalue weighted by molar-refractivity contribution is 5.12. The maximum absolute atomic E-state index is 4.34. The van der Waals surface area contributed by atoms with E-state index in [2.05, 4.69) is 42.3 Å². The smallest absolute Gasteiger partial charge is 0.0534 e. The van der Waals surface area contributed by atoms with Crippen molar-refractivity contribution in [2.75, 3.05) is 13.1 Å². The van der Waals surface area contributed by atoms with Crippen LogP contribution in [0.2, 0.25) is 0 Å². The number of rotatable bonds is 5. The normalized spacial score (nSPS) is 29.7. The lowest BCUT2D eigenvalue weighted by Crippen LogP contribution is -2.69. The summed E-state index contributed by atoms with van der Waals surface area (Å²) in [5.41, 5.74) is 1.94. The third-order valence-electron chi connectivity index (χ3n) is 5.98. The van der Waals surface area contributed by atoms with Gasteiger partial charge in [0.25, 0.3) is 0 Å². The third kappa shape index (κ3) is 2.76. The van der Waals surface area contributed by atoms with Gasteiger partial charge in [0.1, 0.15) is 0 Å². The van der Waals surface area contributed by atoms with E-state index in [0.717, 1.165) is 25.6 Å². The summed E-state index contributed by atoms with van der Waals surface area (Å²) >= 11 is 0. The fraction of sp³-hybridized carbons (Fsp3) is 0.824. The van der Waals surface area contributed by atoms with Crippen LogP contribution in [0.4, 0.5) is 0 Å². The number of piperazine rings is 1. The Kier molecular flexibility index (Phi) is 3.87. The minimum atomic E-state index is 0.288. The van der Waals surface area contributed by atoms with Crippen LogP contribution in [-0.2, 0) is 13.6 Å². The van der Waals surface area contributed by atoms with E-state index in [1.54, 1.807) is 0 Å². The molecule has 1 atom stereocenters. The average Bonchev–Trinajstić information content (AvgIpc) is 3.26. The van der Waals surface area contributed by atoms with Crippen LogP contribution >= 0.6 is 0 Å². The summed E-state index contributed by atoms with van der Waals surface area (Å²) in [4.78, 5) is 2.74. The van der Waals surface area contributed by atoms with Gasteiger partial charge < -0.3 is 5.32 Å². The van der Waals surface area contributed by atoms with E-state index in [9.17, 15) is 0 Å². The van der Waals surface area contributed by atoms with Crippen molar-refractivity contribution in [2.24, 2.45) is 13.0 Å². The maximum Gasteiger partial charge on any atom is 0.0534 e. The van der Waals surface area contributed by atoms with Crippen molar-refractivity contribution in [3.63, 3.8) is 0 Å². The highest BCUT2D eigenvalue weighted by atomic mass is 15.3. The molecule has 1 saturated carbocycles. The zero-order chi connectivity index (χ0) is 15.1. The second-order valence-electron chi connectivity index (χ2n) is 7.35. The molecule has 1 N–H and O–H groups in total. The standard InChI is InChI=1S/C17H30N4/c1-5-17(6-2)13-21(11-14-9-19-20(4)10-14)16(3,12-18-17)15-7-8-15/h9-10,15,18H,5-8,11-13H2,1-4H3. The van der Waals surface area contributed by atoms with E-state index < -0.39 is 0 Å². The molecule has 0 amide bonds. The van der Waals surface area contributed by atoms with Gasteiger partial charge in [-0.3, -0.25) is 9.58 Å². The van der Waals surface area contributed by atoms with Crippen LogP contribution in [0.3, 0.4) is 0 Å². The van der Waals surface area contributed by atoms with Gasteiger partial charge in [0, 0.05) is 49.5 Å². The molecule has 1 aliphatic carbocycles. The van der Waals surface area contributed by atoms with Gasteiger partial charge in [0.05, 0.1) is 6.20 Å². The molecule has 2 aliphatic rings. The highest BCUT2D eigenvalue weighted by Crippen LogP contribution is 2.46. The molecule has 2 fully saturated rings. The second kappa shape index (κ2) is 5.40. The third-order valence-corrected chi connectivity index (χ3v) is 5.98. The van der Waals surface area contributed by atoms with E-state index in [4.69, 9.17) is 0 Å². The average molecular weight is 290 g/mol. The molecule has 1 saturated heterocycles. The number of hydrogen-bond acceptors (Lipinski definition) is 3. The lowest BCUT2D eigenvalue weighted by atomic mass is 9.81. The maximum atomic E-state index is 4.34. The first-order valence-corrected chi connectivity index (χ1v) is 8.49. The van der Waals surface area contributed by atoms with Crippen molar-refractivity contribution in [1.82, 2.24) is 20.0 Å². The van der Waals surface area contributed by atoms with Gasteiger partial charge in [-0.2, -0.15) is 5.10 Å². The first-order chi connectivity index (χ1) is 10.0. The first-order valence-electron chi connectivity index (χ1n) is 8.49. The van der Waals surface area contributed by atoms with Crippen molar-refractivity contribution in [1.29, 1.82) is 0 Å². The molecule has 3 rings (SSSR count). The molecule has 4 heteroatoms. The summed E-state index contributed by atoms with van der Waals surface area (Å²) in [6, 6.07) is 0. The topological polar surface area (TPSA) is 33.1 Å². The van der Waals surface area contributed by atoms with Gasteiger partial charge in [0.2, 0.25) is 0 Å². The summed E-state index contributed by atoms with van der Waals surface area (Å²) < 4.78 is 1.92. The van der Waals surface area contributed by atoms with E-state index in [0.29, 0.717) is 5.54 Å². The number of aromatic nitrogens is 2. The Morgan fingerprint density at radius 1 is 1.33 bits per heavy atom. The van der Waals surface area contributed by atoms with Crippen LogP contribution in [0.15, 0.2) is 12.4 Å². The van der Waals surface area contributed by atoms with Crippen LogP contribution in [0, 0.1) is 5.92 Å².